The summed E-state index contributed by atoms with van der Waals surface area (Å²) in [5.41, 5.74) is 0.951. The van der Waals surface area contributed by atoms with Crippen LogP contribution in [0.3, 0.4) is 0 Å². The molecular weight excluding hydrogens is 226 g/mol. The van der Waals surface area contributed by atoms with Crippen molar-refractivity contribution in [3.8, 4) is 5.88 Å². The zero-order valence-corrected chi connectivity index (χ0v) is 10.3. The largest absolute Gasteiger partial charge is 0.481 e. The number of anilines is 1. The van der Waals surface area contributed by atoms with Gasteiger partial charge in [-0.2, -0.15) is 0 Å². The average Bonchev–Trinajstić information content (AvgIpc) is 2.24. The zero-order valence-electron chi connectivity index (χ0n) is 9.53. The second-order valence-corrected chi connectivity index (χ2v) is 4.79. The predicted molar refractivity (Wildman–Crippen MR) is 64.2 cm³/mol. The molecular formula is C11H16ClN3O. The summed E-state index contributed by atoms with van der Waals surface area (Å²) in [5, 5.41) is 3.69. The molecule has 1 fully saturated rings. The van der Waals surface area contributed by atoms with E-state index in [2.05, 4.69) is 15.3 Å². The van der Waals surface area contributed by atoms with Gasteiger partial charge in [0.05, 0.1) is 12.7 Å². The maximum atomic E-state index is 5.93. The Balaban J connectivity index is 1.93. The fourth-order valence-electron chi connectivity index (χ4n) is 1.88. The number of aromatic nitrogens is 2. The first-order valence-corrected chi connectivity index (χ1v) is 5.88. The number of nitrogens with one attached hydrogen (secondary N) is 1. The molecule has 1 aromatic rings. The first-order chi connectivity index (χ1) is 7.70. The van der Waals surface area contributed by atoms with Crippen LogP contribution in [0.4, 0.5) is 5.82 Å². The first kappa shape index (κ1) is 11.5. The third-order valence-corrected chi connectivity index (χ3v) is 3.32. The SMILES string of the molecule is COc1ncnc(NCC2CC(Cl)C2)c1C. The lowest BCUT2D eigenvalue weighted by Crippen LogP contribution is -2.30. The fourth-order valence-corrected chi connectivity index (χ4v) is 2.38. The van der Waals surface area contributed by atoms with Gasteiger partial charge in [-0.1, -0.05) is 0 Å². The van der Waals surface area contributed by atoms with E-state index in [0.717, 1.165) is 30.8 Å². The third-order valence-electron chi connectivity index (χ3n) is 2.97. The molecule has 0 amide bonds. The standard InChI is InChI=1S/C11H16ClN3O/c1-7-10(14-6-15-11(7)16-2)13-5-8-3-9(12)4-8/h6,8-9H,3-5H2,1-2H3,(H,13,14,15). The molecule has 16 heavy (non-hydrogen) atoms. The summed E-state index contributed by atoms with van der Waals surface area (Å²) in [6.45, 7) is 2.87. The van der Waals surface area contributed by atoms with Crippen LogP contribution < -0.4 is 10.1 Å². The van der Waals surface area contributed by atoms with Crippen molar-refractivity contribution in [1.82, 2.24) is 9.97 Å². The van der Waals surface area contributed by atoms with Gasteiger partial charge in [-0.3, -0.25) is 0 Å². The number of rotatable bonds is 4. The van der Waals surface area contributed by atoms with Crippen LogP contribution in [0.1, 0.15) is 18.4 Å². The van der Waals surface area contributed by atoms with Gasteiger partial charge in [-0.25, -0.2) is 9.97 Å². The monoisotopic (exact) mass is 241 g/mol. The van der Waals surface area contributed by atoms with Crippen molar-refractivity contribution in [2.24, 2.45) is 5.92 Å². The zero-order chi connectivity index (χ0) is 11.5. The second kappa shape index (κ2) is 4.87. The molecule has 0 radical (unpaired) electrons. The Kier molecular flexibility index (Phi) is 3.49. The number of methoxy groups -OCH3 is 1. The van der Waals surface area contributed by atoms with Gasteiger partial charge in [-0.15, -0.1) is 11.6 Å². The lowest BCUT2D eigenvalue weighted by Gasteiger charge is -2.31. The summed E-state index contributed by atoms with van der Waals surface area (Å²) < 4.78 is 5.14. The van der Waals surface area contributed by atoms with Gasteiger partial charge >= 0.3 is 0 Å². The van der Waals surface area contributed by atoms with Crippen LogP contribution in [0.25, 0.3) is 0 Å². The molecule has 1 heterocycles. The van der Waals surface area contributed by atoms with E-state index in [1.165, 1.54) is 6.33 Å². The van der Waals surface area contributed by atoms with E-state index in [1.54, 1.807) is 7.11 Å². The molecule has 0 unspecified atom stereocenters. The van der Waals surface area contributed by atoms with E-state index in [-0.39, 0.29) is 0 Å². The molecule has 0 saturated heterocycles. The van der Waals surface area contributed by atoms with Gasteiger partial charge in [0.15, 0.2) is 0 Å². The summed E-state index contributed by atoms with van der Waals surface area (Å²) in [4.78, 5) is 8.24. The molecule has 88 valence electrons. The van der Waals surface area contributed by atoms with Crippen LogP contribution in [-0.2, 0) is 0 Å². The van der Waals surface area contributed by atoms with Crippen molar-refractivity contribution in [3.63, 3.8) is 0 Å². The number of ether oxygens (including phenoxy) is 1. The Bertz CT molecular complexity index is 366. The quantitative estimate of drug-likeness (QED) is 0.822. The summed E-state index contributed by atoms with van der Waals surface area (Å²) in [6, 6.07) is 0. The molecule has 1 aliphatic carbocycles. The van der Waals surface area contributed by atoms with Crippen molar-refractivity contribution in [3.05, 3.63) is 11.9 Å². The molecule has 1 aliphatic rings. The molecule has 1 aromatic heterocycles. The van der Waals surface area contributed by atoms with Crippen molar-refractivity contribution in [2.45, 2.75) is 25.1 Å². The molecule has 4 nitrogen and oxygen atoms in total. The Morgan fingerprint density at radius 2 is 2.25 bits per heavy atom. The topological polar surface area (TPSA) is 47.0 Å². The molecule has 1 saturated carbocycles. The molecule has 0 aliphatic heterocycles. The van der Waals surface area contributed by atoms with E-state index < -0.39 is 0 Å². The van der Waals surface area contributed by atoms with Crippen molar-refractivity contribution < 1.29 is 4.74 Å². The molecule has 5 heteroatoms. The molecule has 0 atom stereocenters. The van der Waals surface area contributed by atoms with Crippen LogP contribution in [-0.4, -0.2) is 29.0 Å². The minimum atomic E-state index is 0.368. The van der Waals surface area contributed by atoms with E-state index in [4.69, 9.17) is 16.3 Å². The maximum absolute atomic E-state index is 5.93. The normalized spacial score (nSPS) is 23.7. The molecule has 0 spiro atoms. The van der Waals surface area contributed by atoms with Gasteiger partial charge in [0, 0.05) is 11.9 Å². The van der Waals surface area contributed by atoms with Gasteiger partial charge in [0.25, 0.3) is 0 Å². The van der Waals surface area contributed by atoms with Crippen LogP contribution in [0.15, 0.2) is 6.33 Å². The Morgan fingerprint density at radius 1 is 1.50 bits per heavy atom. The van der Waals surface area contributed by atoms with Crippen LogP contribution >= 0.6 is 11.6 Å². The highest BCUT2D eigenvalue weighted by molar-refractivity contribution is 6.21. The average molecular weight is 242 g/mol. The fraction of sp³-hybridized carbons (Fsp3) is 0.636. The Hall–Kier alpha value is -1.03. The maximum Gasteiger partial charge on any atom is 0.221 e. The molecule has 0 aromatic carbocycles. The number of alkyl halides is 1. The summed E-state index contributed by atoms with van der Waals surface area (Å²) in [5.74, 6) is 2.15. The van der Waals surface area contributed by atoms with Crippen molar-refractivity contribution >= 4 is 17.4 Å². The van der Waals surface area contributed by atoms with Crippen LogP contribution in [0.2, 0.25) is 0 Å². The summed E-state index contributed by atoms with van der Waals surface area (Å²) >= 11 is 5.93. The van der Waals surface area contributed by atoms with Gasteiger partial charge < -0.3 is 10.1 Å². The number of nitrogens with zero attached hydrogens (tertiary/aromatic N) is 2. The molecule has 2 rings (SSSR count). The highest BCUT2D eigenvalue weighted by atomic mass is 35.5. The lowest BCUT2D eigenvalue weighted by molar-refractivity contribution is 0.341. The second-order valence-electron chi connectivity index (χ2n) is 4.17. The number of hydrogen-bond acceptors (Lipinski definition) is 4. The summed E-state index contributed by atoms with van der Waals surface area (Å²) in [6.07, 6.45) is 3.70. The van der Waals surface area contributed by atoms with Crippen LogP contribution in [0, 0.1) is 12.8 Å². The molecule has 0 bridgehead atoms. The minimum Gasteiger partial charge on any atom is -0.481 e. The first-order valence-electron chi connectivity index (χ1n) is 5.44. The lowest BCUT2D eigenvalue weighted by atomic mass is 9.85. The van der Waals surface area contributed by atoms with E-state index in [0.29, 0.717) is 17.2 Å². The predicted octanol–water partition coefficient (Wildman–Crippen LogP) is 2.22. The van der Waals surface area contributed by atoms with Crippen molar-refractivity contribution in [2.75, 3.05) is 19.0 Å². The smallest absolute Gasteiger partial charge is 0.221 e. The summed E-state index contributed by atoms with van der Waals surface area (Å²) in [7, 11) is 1.61. The minimum absolute atomic E-state index is 0.368. The van der Waals surface area contributed by atoms with E-state index >= 15 is 0 Å². The highest BCUT2D eigenvalue weighted by Crippen LogP contribution is 2.32. The number of halogens is 1. The Labute approximate surface area is 100 Å². The Morgan fingerprint density at radius 3 is 2.88 bits per heavy atom. The van der Waals surface area contributed by atoms with Crippen molar-refractivity contribution in [1.29, 1.82) is 0 Å². The van der Waals surface area contributed by atoms with E-state index in [1.807, 2.05) is 6.92 Å². The highest BCUT2D eigenvalue weighted by Gasteiger charge is 2.26. The van der Waals surface area contributed by atoms with Gasteiger partial charge in [0.1, 0.15) is 12.1 Å². The van der Waals surface area contributed by atoms with E-state index in [9.17, 15) is 0 Å². The molecule has 1 N–H and O–H groups in total. The van der Waals surface area contributed by atoms with Gasteiger partial charge in [-0.05, 0) is 25.7 Å². The van der Waals surface area contributed by atoms with Crippen LogP contribution in [0.5, 0.6) is 5.88 Å². The number of hydrogen-bond donors (Lipinski definition) is 1. The van der Waals surface area contributed by atoms with Gasteiger partial charge in [0.2, 0.25) is 5.88 Å². The third kappa shape index (κ3) is 2.38.